The molecule has 1 aromatic carbocycles. The lowest BCUT2D eigenvalue weighted by molar-refractivity contribution is -0.192. The van der Waals surface area contributed by atoms with E-state index in [0.29, 0.717) is 29.7 Å². The molecule has 0 atom stereocenters. The van der Waals surface area contributed by atoms with E-state index in [1.165, 1.54) is 11.1 Å². The van der Waals surface area contributed by atoms with Crippen LogP contribution >= 0.6 is 0 Å². The maximum absolute atomic E-state index is 10.6. The van der Waals surface area contributed by atoms with Crippen LogP contribution in [0.2, 0.25) is 0 Å². The summed E-state index contributed by atoms with van der Waals surface area (Å²) in [4.78, 5) is 39.2. The van der Waals surface area contributed by atoms with Crippen molar-refractivity contribution in [3.63, 3.8) is 0 Å². The van der Waals surface area contributed by atoms with E-state index in [1.807, 2.05) is 30.5 Å². The van der Waals surface area contributed by atoms with Gasteiger partial charge in [-0.25, -0.2) is 29.7 Å². The molecule has 1 saturated heterocycles. The number of halogens is 3. The number of aromatic amines is 1. The van der Waals surface area contributed by atoms with Crippen LogP contribution < -0.4 is 9.80 Å². The van der Waals surface area contributed by atoms with E-state index in [1.54, 1.807) is 31.8 Å². The summed E-state index contributed by atoms with van der Waals surface area (Å²) in [7, 11) is 1.75. The number of carboxylic acids is 1. The number of ether oxygens (including phenoxy) is 1. The van der Waals surface area contributed by atoms with E-state index in [4.69, 9.17) is 24.6 Å². The number of nitrogens with zero attached hydrogens (tertiary/aromatic N) is 9. The lowest BCUT2D eigenvalue weighted by atomic mass is 10.1. The molecule has 13 nitrogen and oxygen atoms in total. The van der Waals surface area contributed by atoms with Crippen LogP contribution in [0.1, 0.15) is 22.4 Å². The van der Waals surface area contributed by atoms with Gasteiger partial charge in [0.05, 0.1) is 18.3 Å². The zero-order valence-electron chi connectivity index (χ0n) is 26.4. The van der Waals surface area contributed by atoms with E-state index in [2.05, 4.69) is 57.8 Å². The largest absolute Gasteiger partial charge is 0.490 e. The van der Waals surface area contributed by atoms with Crippen LogP contribution in [-0.2, 0) is 22.6 Å². The molecule has 1 fully saturated rings. The highest BCUT2D eigenvalue weighted by Gasteiger charge is 2.38. The fraction of sp³-hybridized carbons (Fsp3) is 0.303. The van der Waals surface area contributed by atoms with Crippen LogP contribution in [0.5, 0.6) is 0 Å². The van der Waals surface area contributed by atoms with Crippen molar-refractivity contribution < 1.29 is 27.8 Å². The molecule has 0 aliphatic carbocycles. The van der Waals surface area contributed by atoms with Gasteiger partial charge in [-0.1, -0.05) is 5.92 Å². The number of nitrogens with one attached hydrogen (secondary N) is 1. The summed E-state index contributed by atoms with van der Waals surface area (Å²) in [6, 6.07) is 11.8. The average Bonchev–Trinajstić information content (AvgIpc) is 3.77. The molecule has 2 N–H and O–H groups in total. The Labute approximate surface area is 278 Å². The van der Waals surface area contributed by atoms with Gasteiger partial charge in [0.15, 0.2) is 5.82 Å². The number of anilines is 2. The van der Waals surface area contributed by atoms with Crippen molar-refractivity contribution in [2.24, 2.45) is 0 Å². The normalized spacial score (nSPS) is 14.5. The number of fused-ring (bicyclic) bond motifs is 2. The minimum Gasteiger partial charge on any atom is -0.475 e. The number of alkyl halides is 3. The van der Waals surface area contributed by atoms with Gasteiger partial charge in [0.1, 0.15) is 17.2 Å². The van der Waals surface area contributed by atoms with E-state index in [0.717, 1.165) is 68.2 Å². The fourth-order valence-corrected chi connectivity index (χ4v) is 5.34. The number of aliphatic carboxylic acids is 1. The highest BCUT2D eigenvalue weighted by atomic mass is 19.4. The maximum atomic E-state index is 10.6. The number of hydrogen-bond donors (Lipinski definition) is 2. The van der Waals surface area contributed by atoms with Crippen molar-refractivity contribution in [3.8, 4) is 23.4 Å². The first kappa shape index (κ1) is 33.2. The molecular weight excluding hydrogens is 641 g/mol. The van der Waals surface area contributed by atoms with Crippen LogP contribution in [0.3, 0.4) is 0 Å². The number of rotatable bonds is 6. The number of carboxylic acid groups (broad SMARTS) is 1. The van der Waals surface area contributed by atoms with E-state index < -0.39 is 12.1 Å². The summed E-state index contributed by atoms with van der Waals surface area (Å²) in [5, 5.41) is 15.2. The van der Waals surface area contributed by atoms with Crippen LogP contribution in [0.15, 0.2) is 61.2 Å². The number of pyridine rings is 1. The summed E-state index contributed by atoms with van der Waals surface area (Å²) in [6.45, 7) is 7.16. The molecule has 0 saturated carbocycles. The number of hydrogen-bond acceptors (Lipinski definition) is 11. The Morgan fingerprint density at radius 3 is 2.49 bits per heavy atom. The Kier molecular flexibility index (Phi) is 9.92. The molecule has 252 valence electrons. The first-order valence-corrected chi connectivity index (χ1v) is 15.3. The smallest absolute Gasteiger partial charge is 0.475 e. The van der Waals surface area contributed by atoms with E-state index >= 15 is 0 Å². The van der Waals surface area contributed by atoms with Gasteiger partial charge < -0.3 is 19.6 Å². The van der Waals surface area contributed by atoms with Crippen molar-refractivity contribution in [2.75, 3.05) is 56.2 Å². The third kappa shape index (κ3) is 8.26. The monoisotopic (exact) mass is 672 g/mol. The molecule has 0 spiro atoms. The second-order valence-electron chi connectivity index (χ2n) is 11.2. The minimum atomic E-state index is -5.08. The molecule has 2 aliphatic rings. The summed E-state index contributed by atoms with van der Waals surface area (Å²) in [5.41, 5.74) is 5.62. The Hall–Kier alpha value is -5.66. The summed E-state index contributed by atoms with van der Waals surface area (Å²) >= 11 is 0. The SMILES string of the molecule is COCCN1CCN(c2cc3c(cn2)CN(c2nccc(-c4nccc(C#Cc5ccc6[nH]ncc6c5)n4)n2)C3)CC1.O=C(O)C(F)(F)F. The average molecular weight is 673 g/mol. The number of aromatic nitrogens is 7. The first-order valence-electron chi connectivity index (χ1n) is 15.3. The van der Waals surface area contributed by atoms with Gasteiger partial charge in [-0.3, -0.25) is 10.00 Å². The number of methoxy groups -OCH3 is 1. The molecule has 5 aromatic rings. The van der Waals surface area contributed by atoms with Crippen LogP contribution in [0.25, 0.3) is 22.4 Å². The fourth-order valence-electron chi connectivity index (χ4n) is 5.34. The molecule has 6 heterocycles. The Balaban J connectivity index is 0.000000540. The highest BCUT2D eigenvalue weighted by Crippen LogP contribution is 2.29. The zero-order chi connectivity index (χ0) is 34.4. The van der Waals surface area contributed by atoms with Gasteiger partial charge in [-0.15, -0.1) is 0 Å². The molecule has 0 unspecified atom stereocenters. The van der Waals surface area contributed by atoms with Gasteiger partial charge in [-0.2, -0.15) is 18.3 Å². The van der Waals surface area contributed by atoms with Crippen molar-refractivity contribution >= 4 is 28.6 Å². The molecule has 49 heavy (non-hydrogen) atoms. The van der Waals surface area contributed by atoms with Crippen LogP contribution in [-0.4, -0.2) is 104 Å². The van der Waals surface area contributed by atoms with Gasteiger partial charge in [-0.05, 0) is 53.4 Å². The highest BCUT2D eigenvalue weighted by molar-refractivity contribution is 5.79. The number of benzene rings is 1. The van der Waals surface area contributed by atoms with Crippen LogP contribution in [0, 0.1) is 11.8 Å². The minimum absolute atomic E-state index is 0.515. The molecular formula is C33H31F3N10O3. The molecule has 0 radical (unpaired) electrons. The summed E-state index contributed by atoms with van der Waals surface area (Å²) in [5.74, 6) is 5.77. The van der Waals surface area contributed by atoms with E-state index in [9.17, 15) is 13.2 Å². The predicted molar refractivity (Wildman–Crippen MR) is 173 cm³/mol. The molecule has 2 aliphatic heterocycles. The number of carbonyl (C=O) groups is 1. The molecule has 16 heteroatoms. The second kappa shape index (κ2) is 14.6. The molecule has 0 bridgehead atoms. The first-order chi connectivity index (χ1) is 23.7. The topological polar surface area (TPSA) is 149 Å². The van der Waals surface area contributed by atoms with Gasteiger partial charge >= 0.3 is 12.1 Å². The molecule has 7 rings (SSSR count). The third-order valence-corrected chi connectivity index (χ3v) is 7.93. The van der Waals surface area contributed by atoms with E-state index in [-0.39, 0.29) is 0 Å². The Bertz CT molecular complexity index is 2000. The van der Waals surface area contributed by atoms with Crippen molar-refractivity contribution in [1.82, 2.24) is 40.0 Å². The predicted octanol–water partition coefficient (Wildman–Crippen LogP) is 3.53. The third-order valence-electron chi connectivity index (χ3n) is 7.93. The zero-order valence-corrected chi connectivity index (χ0v) is 26.4. The quantitative estimate of drug-likeness (QED) is 0.254. The van der Waals surface area contributed by atoms with Crippen LogP contribution in [0.4, 0.5) is 24.9 Å². The van der Waals surface area contributed by atoms with Crippen molar-refractivity contribution in [3.05, 3.63) is 83.6 Å². The Morgan fingerprint density at radius 1 is 0.939 bits per heavy atom. The van der Waals surface area contributed by atoms with Gasteiger partial charge in [0.2, 0.25) is 5.95 Å². The number of piperazine rings is 1. The summed E-state index contributed by atoms with van der Waals surface area (Å²) in [6.07, 6.45) is 2.18. The maximum Gasteiger partial charge on any atom is 0.490 e. The molecule has 0 amide bonds. The lowest BCUT2D eigenvalue weighted by Crippen LogP contribution is -2.47. The number of H-pyrrole nitrogens is 1. The standard InChI is InChI=1S/C31H30N10O.C2HF3O2/c1-42-15-14-39-10-12-40(13-11-39)29-17-24-20-41(21-25(24)18-34-29)31-33-9-7-28(37-31)30-32-8-6-26(36-30)4-2-22-3-5-27-23(16-22)19-35-38-27;3-2(4,5)1(6)7/h3,5-9,16-19H,10-15,20-21H2,1H3,(H,35,38);(H,6,7). The van der Waals surface area contributed by atoms with Gasteiger partial charge in [0, 0.05) is 82.5 Å². The van der Waals surface area contributed by atoms with Gasteiger partial charge in [0.25, 0.3) is 0 Å². The second-order valence-corrected chi connectivity index (χ2v) is 11.2. The Morgan fingerprint density at radius 2 is 1.71 bits per heavy atom. The summed E-state index contributed by atoms with van der Waals surface area (Å²) < 4.78 is 37.0. The van der Waals surface area contributed by atoms with Crippen molar-refractivity contribution in [2.45, 2.75) is 19.3 Å². The van der Waals surface area contributed by atoms with Crippen molar-refractivity contribution in [1.29, 1.82) is 0 Å². The molecule has 4 aromatic heterocycles. The lowest BCUT2D eigenvalue weighted by Gasteiger charge is -2.35.